The Labute approximate surface area is 171 Å². The van der Waals surface area contributed by atoms with E-state index in [1.54, 1.807) is 49.4 Å². The average molecular weight is 458 g/mol. The first-order chi connectivity index (χ1) is 13.4. The Hall–Kier alpha value is -2.76. The van der Waals surface area contributed by atoms with Gasteiger partial charge in [-0.2, -0.15) is 5.26 Å². The molecule has 4 rings (SSSR count). The molecule has 6 nitrogen and oxygen atoms in total. The summed E-state index contributed by atoms with van der Waals surface area (Å²) in [6.07, 6.45) is 0. The highest BCUT2D eigenvalue weighted by Gasteiger charge is 2.46. The smallest absolute Gasteiger partial charge is 0.265 e. The van der Waals surface area contributed by atoms with Crippen LogP contribution in [0.15, 0.2) is 69.4 Å². The molecule has 0 saturated carbocycles. The van der Waals surface area contributed by atoms with E-state index >= 15 is 0 Å². The number of nitrogens with zero attached hydrogens (tertiary/aromatic N) is 2. The number of halogens is 1. The number of nitriles is 1. The van der Waals surface area contributed by atoms with Crippen LogP contribution in [0, 0.1) is 11.3 Å². The van der Waals surface area contributed by atoms with E-state index in [-0.39, 0.29) is 28.7 Å². The van der Waals surface area contributed by atoms with Crippen molar-refractivity contribution in [1.29, 1.82) is 5.26 Å². The third-order valence-corrected chi connectivity index (χ3v) is 7.39. The lowest BCUT2D eigenvalue weighted by atomic mass is 9.88. The Morgan fingerprint density at radius 3 is 2.54 bits per heavy atom. The number of anilines is 1. The summed E-state index contributed by atoms with van der Waals surface area (Å²) in [5, 5.41) is 9.72. The van der Waals surface area contributed by atoms with Crippen molar-refractivity contribution < 1.29 is 13.2 Å². The molecule has 2 heterocycles. The molecular weight excluding hydrogens is 442 g/mol. The van der Waals surface area contributed by atoms with Gasteiger partial charge in [0.05, 0.1) is 11.6 Å². The highest BCUT2D eigenvalue weighted by atomic mass is 79.9. The number of hydrogen-bond acceptors (Lipinski definition) is 5. The summed E-state index contributed by atoms with van der Waals surface area (Å²) in [5.41, 5.74) is 7.95. The van der Waals surface area contributed by atoms with Crippen LogP contribution >= 0.6 is 15.9 Å². The fraction of sp³-hybridized carbons (Fsp3) is 0.150. The number of para-hydroxylation sites is 1. The molecule has 0 bridgehead atoms. The Kier molecular flexibility index (Phi) is 4.44. The van der Waals surface area contributed by atoms with Crippen LogP contribution in [0.2, 0.25) is 0 Å². The zero-order valence-electron chi connectivity index (χ0n) is 14.9. The molecule has 0 spiro atoms. The summed E-state index contributed by atoms with van der Waals surface area (Å²) >= 11 is 3.38. The fourth-order valence-electron chi connectivity index (χ4n) is 3.64. The van der Waals surface area contributed by atoms with Gasteiger partial charge < -0.3 is 10.5 Å². The first kappa shape index (κ1) is 18.6. The highest BCUT2D eigenvalue weighted by molar-refractivity contribution is 9.10. The topological polar surface area (TPSA) is 96.4 Å². The van der Waals surface area contributed by atoms with Gasteiger partial charge in [-0.1, -0.05) is 40.2 Å². The van der Waals surface area contributed by atoms with E-state index in [9.17, 15) is 13.7 Å². The minimum atomic E-state index is -3.93. The third kappa shape index (κ3) is 2.62. The van der Waals surface area contributed by atoms with Gasteiger partial charge in [-0.15, -0.1) is 0 Å². The quantitative estimate of drug-likeness (QED) is 0.739. The highest BCUT2D eigenvalue weighted by Crippen LogP contribution is 2.50. The second kappa shape index (κ2) is 6.69. The number of hydrogen-bond donors (Lipinski definition) is 1. The molecule has 2 N–H and O–H groups in total. The molecule has 1 atom stereocenters. The summed E-state index contributed by atoms with van der Waals surface area (Å²) in [7, 11) is -3.93. The van der Waals surface area contributed by atoms with Crippen LogP contribution in [0.25, 0.3) is 5.76 Å². The number of ether oxygens (including phenoxy) is 1. The summed E-state index contributed by atoms with van der Waals surface area (Å²) in [6, 6.07) is 16.3. The molecule has 2 aromatic rings. The van der Waals surface area contributed by atoms with E-state index in [0.717, 1.165) is 4.47 Å². The van der Waals surface area contributed by atoms with E-state index in [1.165, 1.54) is 4.31 Å². The van der Waals surface area contributed by atoms with Gasteiger partial charge in [-0.05, 0) is 36.8 Å². The molecule has 0 saturated heterocycles. The first-order valence-corrected chi connectivity index (χ1v) is 10.8. The van der Waals surface area contributed by atoms with Crippen LogP contribution < -0.4 is 10.0 Å². The van der Waals surface area contributed by atoms with E-state index < -0.39 is 15.9 Å². The molecule has 8 heteroatoms. The van der Waals surface area contributed by atoms with Gasteiger partial charge in [0.25, 0.3) is 10.0 Å². The van der Waals surface area contributed by atoms with Crippen LogP contribution in [0.1, 0.15) is 24.0 Å². The molecule has 0 aliphatic carbocycles. The van der Waals surface area contributed by atoms with Crippen molar-refractivity contribution in [2.75, 3.05) is 10.8 Å². The molecular formula is C20H16BrN3O3S. The normalized spacial score (nSPS) is 20.2. The van der Waals surface area contributed by atoms with E-state index in [2.05, 4.69) is 15.9 Å². The van der Waals surface area contributed by atoms with Gasteiger partial charge in [0.2, 0.25) is 5.88 Å². The van der Waals surface area contributed by atoms with E-state index in [4.69, 9.17) is 10.5 Å². The number of sulfonamides is 1. The first-order valence-electron chi connectivity index (χ1n) is 8.59. The fourth-order valence-corrected chi connectivity index (χ4v) is 5.84. The number of nitrogens with two attached hydrogens (primary N) is 1. The zero-order valence-corrected chi connectivity index (χ0v) is 17.3. The number of rotatable bonds is 2. The van der Waals surface area contributed by atoms with E-state index in [1.807, 2.05) is 12.1 Å². The molecule has 2 aromatic carbocycles. The van der Waals surface area contributed by atoms with Crippen molar-refractivity contribution in [3.8, 4) is 6.07 Å². The van der Waals surface area contributed by atoms with Crippen molar-refractivity contribution in [2.24, 2.45) is 5.73 Å². The number of benzene rings is 2. The predicted molar refractivity (Wildman–Crippen MR) is 110 cm³/mol. The molecule has 0 amide bonds. The maximum absolute atomic E-state index is 13.6. The van der Waals surface area contributed by atoms with Crippen molar-refractivity contribution in [3.63, 3.8) is 0 Å². The summed E-state index contributed by atoms with van der Waals surface area (Å²) in [5.74, 6) is -0.733. The Morgan fingerprint density at radius 1 is 1.21 bits per heavy atom. The van der Waals surface area contributed by atoms with Gasteiger partial charge in [-0.25, -0.2) is 8.42 Å². The van der Waals surface area contributed by atoms with Crippen molar-refractivity contribution in [1.82, 2.24) is 0 Å². The van der Waals surface area contributed by atoms with Crippen LogP contribution in [0.4, 0.5) is 5.69 Å². The molecule has 2 aliphatic heterocycles. The minimum Gasteiger partial charge on any atom is -0.439 e. The summed E-state index contributed by atoms with van der Waals surface area (Å²) < 4.78 is 35.0. The predicted octanol–water partition coefficient (Wildman–Crippen LogP) is 3.80. The SMILES string of the molecule is CCN1c2ccccc2C2=C([C@@H](c3ccc(Br)cc3)C(C#N)=C(N)O2)S1(=O)=O. The van der Waals surface area contributed by atoms with Crippen molar-refractivity contribution in [3.05, 3.63) is 80.5 Å². The average Bonchev–Trinajstić information content (AvgIpc) is 2.68. The Bertz CT molecular complexity index is 1180. The lowest BCUT2D eigenvalue weighted by Gasteiger charge is -2.37. The van der Waals surface area contributed by atoms with Crippen LogP contribution in [-0.4, -0.2) is 15.0 Å². The lowest BCUT2D eigenvalue weighted by molar-refractivity contribution is 0.357. The molecule has 2 aliphatic rings. The molecule has 0 fully saturated rings. The van der Waals surface area contributed by atoms with Gasteiger partial charge in [0, 0.05) is 16.6 Å². The van der Waals surface area contributed by atoms with Crippen LogP contribution in [0.5, 0.6) is 0 Å². The minimum absolute atomic E-state index is 0.0427. The summed E-state index contributed by atoms with van der Waals surface area (Å²) in [6.45, 7) is 2.03. The van der Waals surface area contributed by atoms with Crippen LogP contribution in [0.3, 0.4) is 0 Å². The second-order valence-electron chi connectivity index (χ2n) is 6.36. The van der Waals surface area contributed by atoms with Gasteiger partial charge in [-0.3, -0.25) is 4.31 Å². The third-order valence-electron chi connectivity index (χ3n) is 4.85. The molecule has 142 valence electrons. The van der Waals surface area contributed by atoms with Gasteiger partial charge >= 0.3 is 0 Å². The molecule has 0 aromatic heterocycles. The second-order valence-corrected chi connectivity index (χ2v) is 9.10. The lowest BCUT2D eigenvalue weighted by Crippen LogP contribution is -2.39. The summed E-state index contributed by atoms with van der Waals surface area (Å²) in [4.78, 5) is 0.0427. The van der Waals surface area contributed by atoms with Gasteiger partial charge in [0.1, 0.15) is 16.5 Å². The van der Waals surface area contributed by atoms with Crippen LogP contribution in [-0.2, 0) is 14.8 Å². The van der Waals surface area contributed by atoms with Gasteiger partial charge in [0.15, 0.2) is 5.76 Å². The maximum atomic E-state index is 13.6. The Balaban J connectivity index is 2.07. The Morgan fingerprint density at radius 2 is 1.89 bits per heavy atom. The van der Waals surface area contributed by atoms with Crippen molar-refractivity contribution >= 4 is 37.4 Å². The van der Waals surface area contributed by atoms with Crippen molar-refractivity contribution in [2.45, 2.75) is 12.8 Å². The van der Waals surface area contributed by atoms with E-state index in [0.29, 0.717) is 16.8 Å². The maximum Gasteiger partial charge on any atom is 0.265 e. The molecule has 0 unspecified atom stereocenters. The largest absolute Gasteiger partial charge is 0.439 e. The monoisotopic (exact) mass is 457 g/mol. The molecule has 28 heavy (non-hydrogen) atoms. The number of fused-ring (bicyclic) bond motifs is 2. The standard InChI is InChI=1S/C20H16BrN3O3S/c1-2-24-16-6-4-3-5-14(16)18-19(28(24,25)26)17(15(11-22)20(23)27-18)12-7-9-13(21)10-8-12/h3-10,17H,2,23H2,1H3/t17-/m0/s1. The molecule has 0 radical (unpaired) electrons. The zero-order chi connectivity index (χ0) is 20.1. The number of allylic oxidation sites excluding steroid dienone is 2.